The van der Waals surface area contributed by atoms with Crippen molar-refractivity contribution in [2.75, 3.05) is 20.6 Å². The first kappa shape index (κ1) is 39.9. The highest BCUT2D eigenvalue weighted by molar-refractivity contribution is 6.74. The Morgan fingerprint density at radius 2 is 1.59 bits per heavy atom. The topological polar surface area (TPSA) is 115 Å². The van der Waals surface area contributed by atoms with Gasteiger partial charge in [-0.15, -0.1) is 6.58 Å². The van der Waals surface area contributed by atoms with Crippen LogP contribution in [-0.2, 0) is 41.9 Å². The number of aliphatic hydroxyl groups is 1. The molecule has 1 fully saturated rings. The number of Topliss-reactive ketones (excluding diaryl/α,β-unsaturated/α-hetero) is 2. The molecule has 12 heteroatoms. The number of nitrogens with zero attached hydrogens (tertiary/aromatic N) is 3. The maximum Gasteiger partial charge on any atom is 0.265 e. The number of rotatable bonds is 11. The SMILES string of the molecule is C=CCN1Cc2c(F)c3c(c(OCc4ccccc4)c2C1)C(O)=C1C(=O)[C@]2(O[Si](C)(C)C(C)(C)C)C(=O)c4c(OCc5ccccc5)noc4[C@@H](N(C)C)[C@@H]2C[C@@H]1C3. The Morgan fingerprint density at radius 3 is 2.19 bits per heavy atom. The fourth-order valence-electron chi connectivity index (χ4n) is 9.17. The van der Waals surface area contributed by atoms with Crippen molar-refractivity contribution >= 4 is 25.6 Å². The normalized spacial score (nSPS) is 22.9. The summed E-state index contributed by atoms with van der Waals surface area (Å²) in [6, 6.07) is 18.5. The molecule has 58 heavy (non-hydrogen) atoms. The number of aliphatic hydroxyl groups excluding tert-OH is 1. The van der Waals surface area contributed by atoms with Crippen molar-refractivity contribution < 1.29 is 37.5 Å². The molecule has 1 N–H and O–H groups in total. The Kier molecular flexibility index (Phi) is 10.1. The summed E-state index contributed by atoms with van der Waals surface area (Å²) in [6.07, 6.45) is 2.13. The molecule has 3 aliphatic carbocycles. The van der Waals surface area contributed by atoms with E-state index in [1.54, 1.807) is 6.08 Å². The van der Waals surface area contributed by atoms with Gasteiger partial charge in [-0.3, -0.25) is 19.4 Å². The van der Waals surface area contributed by atoms with Crippen LogP contribution in [0.3, 0.4) is 0 Å². The quantitative estimate of drug-likeness (QED) is 0.0897. The molecule has 0 unspecified atom stereocenters. The van der Waals surface area contributed by atoms with Crippen molar-refractivity contribution in [3.8, 4) is 11.6 Å². The van der Waals surface area contributed by atoms with E-state index in [2.05, 4.69) is 37.4 Å². The van der Waals surface area contributed by atoms with Crippen LogP contribution in [0.25, 0.3) is 5.76 Å². The summed E-state index contributed by atoms with van der Waals surface area (Å²) < 4.78 is 43.1. The molecule has 0 radical (unpaired) electrons. The van der Waals surface area contributed by atoms with Crippen LogP contribution in [0.5, 0.6) is 11.6 Å². The van der Waals surface area contributed by atoms with E-state index < -0.39 is 54.2 Å². The van der Waals surface area contributed by atoms with E-state index in [1.165, 1.54) is 0 Å². The fourth-order valence-corrected chi connectivity index (χ4v) is 10.6. The summed E-state index contributed by atoms with van der Waals surface area (Å²) >= 11 is 0. The average molecular weight is 806 g/mol. The van der Waals surface area contributed by atoms with Crippen LogP contribution < -0.4 is 9.47 Å². The zero-order valence-corrected chi connectivity index (χ0v) is 35.4. The second kappa shape index (κ2) is 14.7. The second-order valence-corrected chi connectivity index (χ2v) is 22.6. The van der Waals surface area contributed by atoms with Crippen molar-refractivity contribution in [3.63, 3.8) is 0 Å². The van der Waals surface area contributed by atoms with Gasteiger partial charge in [0.1, 0.15) is 36.1 Å². The van der Waals surface area contributed by atoms with Gasteiger partial charge in [0.2, 0.25) is 11.6 Å². The largest absolute Gasteiger partial charge is 0.507 e. The van der Waals surface area contributed by atoms with Crippen molar-refractivity contribution in [2.45, 2.75) is 89.7 Å². The number of carbonyl (C=O) groups is 2. The number of hydrogen-bond donors (Lipinski definition) is 1. The second-order valence-electron chi connectivity index (χ2n) is 17.9. The Bertz CT molecular complexity index is 2320. The minimum Gasteiger partial charge on any atom is -0.507 e. The fraction of sp³-hybridized carbons (Fsp3) is 0.413. The average Bonchev–Trinajstić information content (AvgIpc) is 3.80. The van der Waals surface area contributed by atoms with E-state index in [0.717, 1.165) is 11.1 Å². The van der Waals surface area contributed by atoms with Gasteiger partial charge in [-0.05, 0) is 67.3 Å². The lowest BCUT2D eigenvalue weighted by atomic mass is 9.57. The molecule has 0 bridgehead atoms. The summed E-state index contributed by atoms with van der Waals surface area (Å²) in [6.45, 7) is 15.6. The highest BCUT2D eigenvalue weighted by atomic mass is 28.4. The molecule has 3 aromatic carbocycles. The molecule has 10 nitrogen and oxygen atoms in total. The third-order valence-corrected chi connectivity index (χ3v) is 17.4. The van der Waals surface area contributed by atoms with Gasteiger partial charge >= 0.3 is 0 Å². The van der Waals surface area contributed by atoms with Crippen LogP contribution in [0.1, 0.15) is 82.7 Å². The molecule has 2 heterocycles. The van der Waals surface area contributed by atoms with Crippen LogP contribution in [0.15, 0.2) is 83.4 Å². The highest BCUT2D eigenvalue weighted by Gasteiger charge is 2.69. The Balaban J connectivity index is 1.32. The third-order valence-electron chi connectivity index (χ3n) is 13.0. The summed E-state index contributed by atoms with van der Waals surface area (Å²) in [7, 11) is 0.783. The summed E-state index contributed by atoms with van der Waals surface area (Å²) in [5, 5.41) is 16.5. The summed E-state index contributed by atoms with van der Waals surface area (Å²) in [4.78, 5) is 35.4. The number of ketones is 2. The van der Waals surface area contributed by atoms with Crippen molar-refractivity contribution in [2.24, 2.45) is 11.8 Å². The van der Waals surface area contributed by atoms with Crippen molar-refractivity contribution in [1.82, 2.24) is 15.0 Å². The van der Waals surface area contributed by atoms with Crippen LogP contribution >= 0.6 is 0 Å². The van der Waals surface area contributed by atoms with E-state index in [4.69, 9.17) is 18.4 Å². The van der Waals surface area contributed by atoms with E-state index in [9.17, 15) is 5.11 Å². The highest BCUT2D eigenvalue weighted by Crippen LogP contribution is 2.59. The third kappa shape index (κ3) is 6.36. The lowest BCUT2D eigenvalue weighted by Crippen LogP contribution is -2.68. The minimum absolute atomic E-state index is 0.0206. The molecule has 4 atom stereocenters. The smallest absolute Gasteiger partial charge is 0.265 e. The number of benzene rings is 3. The maximum absolute atomic E-state index is 17.0. The van der Waals surface area contributed by atoms with Gasteiger partial charge in [0.25, 0.3) is 5.88 Å². The lowest BCUT2D eigenvalue weighted by Gasteiger charge is -2.55. The first-order chi connectivity index (χ1) is 27.6. The molecule has 4 aliphatic rings. The first-order valence-corrected chi connectivity index (χ1v) is 22.9. The van der Waals surface area contributed by atoms with Gasteiger partial charge in [-0.1, -0.05) is 87.5 Å². The zero-order valence-electron chi connectivity index (χ0n) is 34.4. The van der Waals surface area contributed by atoms with Crippen molar-refractivity contribution in [1.29, 1.82) is 0 Å². The van der Waals surface area contributed by atoms with E-state index in [0.29, 0.717) is 47.8 Å². The van der Waals surface area contributed by atoms with E-state index in [1.807, 2.05) is 92.8 Å². The van der Waals surface area contributed by atoms with Gasteiger partial charge in [0.05, 0.1) is 11.6 Å². The molecular formula is C46H52FN3O7Si. The van der Waals surface area contributed by atoms with Crippen LogP contribution in [-0.4, -0.2) is 66.2 Å². The van der Waals surface area contributed by atoms with Gasteiger partial charge in [0, 0.05) is 47.8 Å². The molecular weight excluding hydrogens is 754 g/mol. The maximum atomic E-state index is 17.0. The van der Waals surface area contributed by atoms with Gasteiger partial charge < -0.3 is 23.5 Å². The lowest BCUT2D eigenvalue weighted by molar-refractivity contribution is -0.140. The number of halogens is 1. The minimum atomic E-state index is -2.95. The molecule has 1 aliphatic heterocycles. The molecule has 0 amide bonds. The van der Waals surface area contributed by atoms with Crippen molar-refractivity contribution in [3.05, 3.63) is 129 Å². The molecule has 4 aromatic rings. The standard InChI is InChI=1S/C46H52FN3O7Si/c1-9-20-50-23-31-32(24-50)40(54-25-27-16-12-10-13-17-27)35-30(37(31)47)21-29-22-33-38(49(5)6)41-36(44(48-56-41)55-26-28-18-14-11-15-19-28)43(53)46(33,42(52)34(29)39(35)51)57-58(7,8)45(2,3)4/h9-19,29,33,38,51H,1,20-26H2,2-8H3/t29-,33-,38-,46-/m0/s1. The number of aromatic nitrogens is 1. The van der Waals surface area contributed by atoms with Crippen LogP contribution in [0.2, 0.25) is 18.1 Å². The predicted octanol–water partition coefficient (Wildman–Crippen LogP) is 8.76. The number of hydrogen-bond acceptors (Lipinski definition) is 10. The van der Waals surface area contributed by atoms with E-state index >= 15 is 14.0 Å². The van der Waals surface area contributed by atoms with Crippen LogP contribution in [0, 0.1) is 17.7 Å². The molecule has 1 aromatic heterocycles. The Labute approximate surface area is 340 Å². The summed E-state index contributed by atoms with van der Waals surface area (Å²) in [5.41, 5.74) is 1.43. The summed E-state index contributed by atoms with van der Waals surface area (Å²) in [5.74, 6) is -2.78. The Morgan fingerprint density at radius 1 is 0.966 bits per heavy atom. The number of ether oxygens (including phenoxy) is 2. The van der Waals surface area contributed by atoms with Gasteiger partial charge in [0.15, 0.2) is 19.7 Å². The van der Waals surface area contributed by atoms with Crippen LogP contribution in [0.4, 0.5) is 4.39 Å². The van der Waals surface area contributed by atoms with Gasteiger partial charge in [-0.2, -0.15) is 0 Å². The molecule has 8 rings (SSSR count). The zero-order chi connectivity index (χ0) is 41.3. The molecule has 304 valence electrons. The molecule has 0 spiro atoms. The number of carbonyl (C=O) groups excluding carboxylic acids is 2. The number of fused-ring (bicyclic) bond motifs is 5. The van der Waals surface area contributed by atoms with Gasteiger partial charge in [-0.25, -0.2) is 4.39 Å². The first-order valence-electron chi connectivity index (χ1n) is 20.0. The Hall–Kier alpha value is -4.88. The monoisotopic (exact) mass is 805 g/mol. The molecule has 0 saturated heterocycles. The predicted molar refractivity (Wildman–Crippen MR) is 220 cm³/mol. The molecule has 1 saturated carbocycles. The van der Waals surface area contributed by atoms with E-state index in [-0.39, 0.29) is 54.4 Å².